The molecule has 20 heteroatoms. The molecule has 0 radical (unpaired) electrons. The molecule has 8 saturated heterocycles. The van der Waals surface area contributed by atoms with Crippen LogP contribution in [0.2, 0.25) is 54.4 Å². The van der Waals surface area contributed by atoms with Crippen LogP contribution >= 0.6 is 7.60 Å². The van der Waals surface area contributed by atoms with Crippen LogP contribution in [0.3, 0.4) is 0 Å². The first-order chi connectivity index (χ1) is 38.3. The minimum Gasteiger partial charge on any atom is -0.414 e. The molecule has 8 fully saturated rings. The van der Waals surface area contributed by atoms with Crippen LogP contribution < -0.4 is 0 Å². The van der Waals surface area contributed by atoms with Gasteiger partial charge >= 0.3 is 7.60 Å². The van der Waals surface area contributed by atoms with Gasteiger partial charge in [-0.3, -0.25) is 9.36 Å². The van der Waals surface area contributed by atoms with Crippen LogP contribution in [0.1, 0.15) is 146 Å². The smallest absolute Gasteiger partial charge is 0.337 e. The van der Waals surface area contributed by atoms with E-state index in [4.69, 9.17) is 60.2 Å². The number of carbonyl (C=O) groups excluding carboxylic acids is 1. The van der Waals surface area contributed by atoms with E-state index in [2.05, 4.69) is 82.4 Å². The lowest BCUT2D eigenvalue weighted by molar-refractivity contribution is -0.271. The maximum absolute atomic E-state index is 14.0. The summed E-state index contributed by atoms with van der Waals surface area (Å²) in [6, 6.07) is 9.23. The van der Waals surface area contributed by atoms with Crippen molar-refractivity contribution in [3.05, 3.63) is 24.3 Å². The first-order valence-corrected chi connectivity index (χ1v) is 41.0. The Bertz CT molecular complexity index is 2010. The van der Waals surface area contributed by atoms with Gasteiger partial charge in [0.25, 0.3) is 0 Å². The maximum Gasteiger partial charge on any atom is 0.337 e. The molecule has 0 spiro atoms. The van der Waals surface area contributed by atoms with Crippen molar-refractivity contribution in [2.24, 2.45) is 11.8 Å². The third kappa shape index (κ3) is 15.1. The number of Topliss-reactive ketones (excluding diaryl/α,β-unsaturated/α-hetero) is 1. The number of aliphatic hydroxyl groups excluding tert-OH is 1. The highest BCUT2D eigenvalue weighted by atomic mass is 31.2. The Labute approximate surface area is 485 Å². The van der Waals surface area contributed by atoms with Crippen LogP contribution in [0.15, 0.2) is 24.3 Å². The molecule has 0 aromatic carbocycles. The SMILES string of the molecule is C=C1C[C@H](CCC23C[C@H]4O[C@H]5[C@@H](O2)[C@@H](O[Si](CC)(CC)CC)[C@H](CCCO)O[C@H]5[C@H]4O3)O[C@H]1CC[C@H]1C[C@@H](C)C(=C)[C@@H](C[C@@H]2O[C@H](C[C@@H](CO[Si](CC)(CC)CC)O[Si](CC)(CC)CC)[C@H](OC)[C@H]2CC(=O)CP(=O)(OC)OC)O1. The molecule has 8 rings (SSSR count). The van der Waals surface area contributed by atoms with Crippen LogP contribution in [0, 0.1) is 11.8 Å². The molecule has 462 valence electrons. The summed E-state index contributed by atoms with van der Waals surface area (Å²) in [5, 5.41) is 9.87. The summed E-state index contributed by atoms with van der Waals surface area (Å²) in [6.45, 7) is 32.3. The van der Waals surface area contributed by atoms with Gasteiger partial charge in [0.1, 0.15) is 42.5 Å². The van der Waals surface area contributed by atoms with E-state index in [0.29, 0.717) is 45.1 Å². The molecule has 80 heavy (non-hydrogen) atoms. The van der Waals surface area contributed by atoms with Gasteiger partial charge in [-0.25, -0.2) is 0 Å². The average Bonchev–Trinajstić information content (AvgIpc) is 4.34. The Hall–Kier alpha value is -0.529. The summed E-state index contributed by atoms with van der Waals surface area (Å²) in [6.07, 6.45) is 3.91. The topological polar surface area (TPSA) is 174 Å². The highest BCUT2D eigenvalue weighted by Crippen LogP contribution is 2.55. The molecular formula is C60H109O16PSi3. The molecule has 8 heterocycles. The van der Waals surface area contributed by atoms with E-state index < -0.39 is 50.5 Å². The van der Waals surface area contributed by atoms with Crippen molar-refractivity contribution < 1.29 is 74.7 Å². The number of ketones is 1. The van der Waals surface area contributed by atoms with E-state index in [1.54, 1.807) is 7.11 Å². The zero-order valence-corrected chi connectivity index (χ0v) is 55.6. The van der Waals surface area contributed by atoms with E-state index in [1.165, 1.54) is 14.2 Å². The highest BCUT2D eigenvalue weighted by Gasteiger charge is 2.68. The summed E-state index contributed by atoms with van der Waals surface area (Å²) in [5.74, 6) is -1.21. The Morgan fingerprint density at radius 1 is 0.713 bits per heavy atom. The molecule has 1 unspecified atom stereocenters. The third-order valence-electron chi connectivity index (χ3n) is 20.9. The zero-order valence-electron chi connectivity index (χ0n) is 51.7. The van der Waals surface area contributed by atoms with Crippen molar-refractivity contribution in [3.8, 4) is 0 Å². The second-order valence-corrected chi connectivity index (χ2v) is 41.4. The molecule has 0 aromatic heterocycles. The molecule has 0 saturated carbocycles. The number of rotatable bonds is 36. The lowest BCUT2D eigenvalue weighted by Gasteiger charge is -2.47. The van der Waals surface area contributed by atoms with E-state index in [9.17, 15) is 14.5 Å². The Morgan fingerprint density at radius 2 is 1.34 bits per heavy atom. The number of aliphatic hydroxyl groups is 1. The number of ether oxygens (including phenoxy) is 8. The summed E-state index contributed by atoms with van der Waals surface area (Å²) in [7, 11) is -5.38. The van der Waals surface area contributed by atoms with Crippen molar-refractivity contribution in [3.63, 3.8) is 0 Å². The predicted molar refractivity (Wildman–Crippen MR) is 319 cm³/mol. The van der Waals surface area contributed by atoms with Gasteiger partial charge < -0.3 is 65.3 Å². The van der Waals surface area contributed by atoms with E-state index >= 15 is 0 Å². The van der Waals surface area contributed by atoms with E-state index in [0.717, 1.165) is 97.6 Å². The van der Waals surface area contributed by atoms with Gasteiger partial charge in [0.2, 0.25) is 0 Å². The fourth-order valence-corrected chi connectivity index (χ4v) is 24.3. The second kappa shape index (κ2) is 29.4. The number of hydrogen-bond acceptors (Lipinski definition) is 16. The lowest BCUT2D eigenvalue weighted by Crippen LogP contribution is -2.62. The number of hydrogen-bond donors (Lipinski definition) is 1. The van der Waals surface area contributed by atoms with Gasteiger partial charge in [0, 0.05) is 66.0 Å². The maximum atomic E-state index is 14.0. The fraction of sp³-hybridized carbons (Fsp3) is 0.917. The molecule has 6 bridgehead atoms. The summed E-state index contributed by atoms with van der Waals surface area (Å²) in [4.78, 5) is 14.0. The van der Waals surface area contributed by atoms with Crippen molar-refractivity contribution in [1.29, 1.82) is 0 Å². The van der Waals surface area contributed by atoms with Crippen molar-refractivity contribution in [1.82, 2.24) is 0 Å². The molecular weight excluding hydrogens is 1090 g/mol. The van der Waals surface area contributed by atoms with Gasteiger partial charge in [-0.15, -0.1) is 0 Å². The first kappa shape index (κ1) is 67.0. The van der Waals surface area contributed by atoms with E-state index in [-0.39, 0.29) is 116 Å². The lowest BCUT2D eigenvalue weighted by atomic mass is 9.82. The summed E-state index contributed by atoms with van der Waals surface area (Å²) < 4.78 is 101. The molecule has 8 aliphatic rings. The monoisotopic (exact) mass is 1200 g/mol. The highest BCUT2D eigenvalue weighted by molar-refractivity contribution is 7.54. The van der Waals surface area contributed by atoms with Crippen molar-refractivity contribution >= 4 is 38.3 Å². The molecule has 0 aromatic rings. The van der Waals surface area contributed by atoms with Crippen molar-refractivity contribution in [2.75, 3.05) is 40.7 Å². The molecule has 18 atom stereocenters. The van der Waals surface area contributed by atoms with Gasteiger partial charge in [-0.05, 0) is 116 Å². The normalized spacial score (nSPS) is 35.9. The number of methoxy groups -OCH3 is 1. The molecule has 0 aliphatic carbocycles. The van der Waals surface area contributed by atoms with Crippen LogP contribution in [0.4, 0.5) is 0 Å². The summed E-state index contributed by atoms with van der Waals surface area (Å²) >= 11 is 0. The first-order valence-electron chi connectivity index (χ1n) is 31.6. The Balaban J connectivity index is 1.01. The van der Waals surface area contributed by atoms with E-state index in [1.807, 2.05) is 0 Å². The van der Waals surface area contributed by atoms with Crippen LogP contribution in [0.25, 0.3) is 0 Å². The number of carbonyl (C=O) groups is 1. The standard InChI is InChI=1S/C60H109O16PSi3/c1-16-78(17-2,18-3)67-38-46(75-79(19-4,20-5)21-6)35-52-54(64-13)47(34-43(62)39-77(63,65-14)66-15)51(70-52)36-50-42(12)40(10)32-44(69-50)27-28-48-41(11)33-45(68-48)29-30-60-37-53-55(73-60)57-58(72-53)59(74-60)56(49(71-57)26-25-31-61)76-80(22-7,23-8)24-9/h40,44-59,61H,11-12,16-39H2,1-10,13-15H3/t40-,44+,45+,46+,47+,48+,49+,50-,51+,52-,53-,54-,55+,56+,57+,58-,59+,60?/m1/s1. The van der Waals surface area contributed by atoms with Crippen LogP contribution in [-0.2, 0) is 69.6 Å². The molecule has 8 aliphatic heterocycles. The summed E-state index contributed by atoms with van der Waals surface area (Å²) in [5.41, 5.74) is 2.12. The molecule has 16 nitrogen and oxygen atoms in total. The van der Waals surface area contributed by atoms with Crippen LogP contribution in [0.5, 0.6) is 0 Å². The van der Waals surface area contributed by atoms with Crippen LogP contribution in [-0.4, -0.2) is 174 Å². The largest absolute Gasteiger partial charge is 0.414 e. The minimum atomic E-state index is -3.61. The van der Waals surface area contributed by atoms with Gasteiger partial charge in [0.05, 0.1) is 67.6 Å². The second-order valence-electron chi connectivity index (χ2n) is 24.9. The molecule has 0 amide bonds. The quantitative estimate of drug-likeness (QED) is 0.0356. The van der Waals surface area contributed by atoms with Gasteiger partial charge in [-0.1, -0.05) is 82.4 Å². The predicted octanol–water partition coefficient (Wildman–Crippen LogP) is 12.2. The average molecular weight is 1200 g/mol. The Kier molecular flexibility index (Phi) is 24.7. The van der Waals surface area contributed by atoms with Gasteiger partial charge in [0.15, 0.2) is 30.7 Å². The minimum absolute atomic E-state index is 0.0235. The van der Waals surface area contributed by atoms with Gasteiger partial charge in [-0.2, -0.15) is 0 Å². The zero-order chi connectivity index (χ0) is 58.2. The Morgan fingerprint density at radius 3 is 1.95 bits per heavy atom. The van der Waals surface area contributed by atoms with Crippen molar-refractivity contribution in [2.45, 2.75) is 298 Å². The third-order valence-corrected chi connectivity index (χ3v) is 36.7. The molecule has 1 N–H and O–H groups in total. The fourth-order valence-electron chi connectivity index (χ4n) is 14.9.